The van der Waals surface area contributed by atoms with Crippen LogP contribution in [-0.4, -0.2) is 55.2 Å². The van der Waals surface area contributed by atoms with E-state index in [1.807, 2.05) is 0 Å². The van der Waals surface area contributed by atoms with Gasteiger partial charge in [0.1, 0.15) is 11.6 Å². The van der Waals surface area contributed by atoms with Crippen molar-refractivity contribution in [2.75, 3.05) is 11.6 Å². The number of aromatic hydroxyl groups is 2. The molecule has 1 aromatic heterocycles. The molecule has 0 saturated heterocycles. The predicted molar refractivity (Wildman–Crippen MR) is 110 cm³/mol. The lowest BCUT2D eigenvalue weighted by molar-refractivity contribution is -0.425. The summed E-state index contributed by atoms with van der Waals surface area (Å²) < 4.78 is 32.1. The summed E-state index contributed by atoms with van der Waals surface area (Å²) >= 11 is 0. The summed E-state index contributed by atoms with van der Waals surface area (Å²) in [5.41, 5.74) is -0.296. The van der Waals surface area contributed by atoms with Gasteiger partial charge in [0.2, 0.25) is 11.8 Å². The fourth-order valence-corrected chi connectivity index (χ4v) is 5.42. The zero-order chi connectivity index (χ0) is 22.9. The van der Waals surface area contributed by atoms with E-state index >= 15 is 0 Å². The number of nitro groups is 1. The summed E-state index contributed by atoms with van der Waals surface area (Å²) in [6, 6.07) is 0.612. The Morgan fingerprint density at radius 1 is 1.33 bits per heavy atom. The highest BCUT2D eigenvalue weighted by Crippen LogP contribution is 2.45. The number of allylic oxidation sites excluding steroid dienone is 2. The van der Waals surface area contributed by atoms with Gasteiger partial charge in [-0.15, -0.1) is 0 Å². The first-order chi connectivity index (χ1) is 13.7. The number of aromatic nitrogens is 1. The highest BCUT2D eigenvalue weighted by Gasteiger charge is 2.33. The Balaban J connectivity index is 2.39. The smallest absolute Gasteiger partial charge is 0.303 e. The summed E-state index contributed by atoms with van der Waals surface area (Å²) in [6.07, 6.45) is 2.84. The van der Waals surface area contributed by atoms with Crippen LogP contribution in [0.15, 0.2) is 33.8 Å². The summed E-state index contributed by atoms with van der Waals surface area (Å²) in [4.78, 5) is 20.4. The molecule has 2 heterocycles. The van der Waals surface area contributed by atoms with Crippen LogP contribution in [0, 0.1) is 10.1 Å². The Morgan fingerprint density at radius 2 is 1.97 bits per heavy atom. The van der Waals surface area contributed by atoms with E-state index < -0.39 is 49.0 Å². The van der Waals surface area contributed by atoms with E-state index in [0.717, 1.165) is 15.8 Å². The molecule has 0 radical (unpaired) electrons. The normalized spacial score (nSPS) is 15.0. The molecule has 1 aromatic rings. The number of nitrogens with zero attached hydrogens (tertiary/aromatic N) is 3. The van der Waals surface area contributed by atoms with Crippen LogP contribution < -0.4 is 5.01 Å². The largest absolute Gasteiger partial charge is 0.493 e. The molecule has 30 heavy (non-hydrogen) atoms. The van der Waals surface area contributed by atoms with Crippen LogP contribution in [-0.2, 0) is 14.9 Å². The second-order valence-electron chi connectivity index (χ2n) is 6.78. The number of carboxylic acids is 1. The molecule has 0 atom stereocenters. The molecule has 0 aliphatic carbocycles. The predicted octanol–water partition coefficient (Wildman–Crippen LogP) is 2.12. The first-order valence-corrected chi connectivity index (χ1v) is 11.8. The lowest BCUT2D eigenvalue weighted by atomic mass is 10.1. The lowest BCUT2D eigenvalue weighted by Crippen LogP contribution is -2.37. The summed E-state index contributed by atoms with van der Waals surface area (Å²) in [6.45, 7) is 3.18. The van der Waals surface area contributed by atoms with Gasteiger partial charge in [-0.2, -0.15) is 13.1 Å². The van der Waals surface area contributed by atoms with E-state index in [1.54, 1.807) is 13.8 Å². The molecule has 0 fully saturated rings. The molecule has 4 N–H and O–H groups in total. The first-order valence-electron chi connectivity index (χ1n) is 8.24. The van der Waals surface area contributed by atoms with Crippen molar-refractivity contribution < 1.29 is 38.0 Å². The Kier molecular flexibility index (Phi) is 7.01. The lowest BCUT2D eigenvalue weighted by Gasteiger charge is -2.31. The number of hydrogen-bond donors (Lipinski definition) is 4. The molecule has 1 aliphatic rings. The van der Waals surface area contributed by atoms with Gasteiger partial charge in [0, 0.05) is 23.3 Å². The number of carboxylic acid groups (broad SMARTS) is 1. The third-order valence-corrected chi connectivity index (χ3v) is 8.16. The minimum absolute atomic E-state index is 0.0639. The van der Waals surface area contributed by atoms with Gasteiger partial charge in [-0.05, 0) is 37.1 Å². The van der Waals surface area contributed by atoms with Gasteiger partial charge < -0.3 is 15.3 Å². The van der Waals surface area contributed by atoms with E-state index in [-0.39, 0.29) is 17.1 Å². The monoisotopic (exact) mass is 481 g/mol. The number of aliphatic carboxylic acids is 1. The molecule has 0 amide bonds. The van der Waals surface area contributed by atoms with Crippen LogP contribution in [0.5, 0.6) is 11.8 Å². The van der Waals surface area contributed by atoms with Gasteiger partial charge in [0.25, 0.3) is 15.8 Å². The Hall–Kier alpha value is -2.36. The molecule has 0 saturated carbocycles. The van der Waals surface area contributed by atoms with E-state index in [0.29, 0.717) is 17.2 Å². The van der Waals surface area contributed by atoms with E-state index in [1.165, 1.54) is 22.9 Å². The van der Waals surface area contributed by atoms with Crippen molar-refractivity contribution in [1.29, 1.82) is 0 Å². The zero-order valence-corrected chi connectivity index (χ0v) is 18.2. The van der Waals surface area contributed by atoms with E-state index in [2.05, 4.69) is 0 Å². The molecule has 0 unspecified atom stereocenters. The molecule has 2 rings (SSSR count). The maximum atomic E-state index is 11.4. The molecule has 12 nitrogen and oxygen atoms in total. The standard InChI is InChI=1S/C15H19N3O9S3/c1-15(2,6-5-13(20)21)29-28-12-4-3-9(18(23)24)8-16(12)17-11(19)7-10(14(17)22)30(25,26)27/h3-4,7,19,22H,5-6,8H2,1-2H3,(H,20,21)(H,25,26,27). The van der Waals surface area contributed by atoms with Gasteiger partial charge >= 0.3 is 5.97 Å². The van der Waals surface area contributed by atoms with Crippen LogP contribution >= 0.6 is 21.6 Å². The van der Waals surface area contributed by atoms with Crippen LogP contribution in [0.25, 0.3) is 0 Å². The summed E-state index contributed by atoms with van der Waals surface area (Å²) in [5, 5.41) is 41.8. The van der Waals surface area contributed by atoms with Crippen LogP contribution in [0.3, 0.4) is 0 Å². The molecule has 0 bridgehead atoms. The van der Waals surface area contributed by atoms with Crippen LogP contribution in [0.4, 0.5) is 0 Å². The maximum Gasteiger partial charge on any atom is 0.303 e. The minimum atomic E-state index is -4.87. The van der Waals surface area contributed by atoms with Crippen molar-refractivity contribution in [1.82, 2.24) is 4.68 Å². The van der Waals surface area contributed by atoms with Crippen molar-refractivity contribution in [3.05, 3.63) is 39.1 Å². The second kappa shape index (κ2) is 8.79. The molecule has 166 valence electrons. The average Bonchev–Trinajstić information content (AvgIpc) is 2.93. The van der Waals surface area contributed by atoms with Gasteiger partial charge in [-0.1, -0.05) is 10.8 Å². The average molecular weight is 482 g/mol. The number of carbonyl (C=O) groups is 1. The fraction of sp³-hybridized carbons (Fsp3) is 0.400. The molecule has 15 heteroatoms. The molecule has 0 aromatic carbocycles. The van der Waals surface area contributed by atoms with Crippen molar-refractivity contribution >= 4 is 37.7 Å². The molecule has 1 aliphatic heterocycles. The summed E-state index contributed by atoms with van der Waals surface area (Å²) in [5.74, 6) is -2.75. The minimum Gasteiger partial charge on any atom is -0.493 e. The Morgan fingerprint density at radius 3 is 2.47 bits per heavy atom. The molecular weight excluding hydrogens is 462 g/mol. The molecule has 0 spiro atoms. The Labute approximate surface area is 179 Å². The highest BCUT2D eigenvalue weighted by molar-refractivity contribution is 8.78. The van der Waals surface area contributed by atoms with Crippen molar-refractivity contribution in [2.45, 2.75) is 36.3 Å². The topological polar surface area (TPSA) is 183 Å². The zero-order valence-electron chi connectivity index (χ0n) is 15.7. The van der Waals surface area contributed by atoms with Crippen molar-refractivity contribution in [3.63, 3.8) is 0 Å². The van der Waals surface area contributed by atoms with Gasteiger partial charge in [0.15, 0.2) is 4.90 Å². The van der Waals surface area contributed by atoms with Crippen LogP contribution in [0.1, 0.15) is 26.7 Å². The van der Waals surface area contributed by atoms with E-state index in [9.17, 15) is 38.1 Å². The van der Waals surface area contributed by atoms with Crippen molar-refractivity contribution in [2.24, 2.45) is 0 Å². The fourth-order valence-electron chi connectivity index (χ4n) is 2.39. The quantitative estimate of drug-likeness (QED) is 0.175. The Bertz CT molecular complexity index is 1030. The van der Waals surface area contributed by atoms with E-state index in [4.69, 9.17) is 5.11 Å². The van der Waals surface area contributed by atoms with Crippen molar-refractivity contribution in [3.8, 4) is 11.8 Å². The summed E-state index contributed by atoms with van der Waals surface area (Å²) in [7, 11) is -2.51. The maximum absolute atomic E-state index is 11.4. The second-order valence-corrected chi connectivity index (χ2v) is 11.0. The van der Waals surface area contributed by atoms with Gasteiger partial charge in [0.05, 0.1) is 4.92 Å². The van der Waals surface area contributed by atoms with Crippen LogP contribution in [0.2, 0.25) is 0 Å². The number of hydrogen-bond acceptors (Lipinski definition) is 10. The SMILES string of the molecule is CC(C)(CCC(=O)O)SSC1=CC=C([N+](=O)[O-])CN1n1c(O)cc(S(=O)(=O)O)c1O. The first kappa shape index (κ1) is 23.9. The van der Waals surface area contributed by atoms with Gasteiger partial charge in [-0.25, -0.2) is 0 Å². The molecular formula is C15H19N3O9S3. The number of rotatable bonds is 9. The highest BCUT2D eigenvalue weighted by atomic mass is 33.1. The third-order valence-electron chi connectivity index (χ3n) is 3.93. The third kappa shape index (κ3) is 5.62. The van der Waals surface area contributed by atoms with Gasteiger partial charge in [-0.3, -0.25) is 24.5 Å².